The Morgan fingerprint density at radius 2 is 1.17 bits per heavy atom. The summed E-state index contributed by atoms with van der Waals surface area (Å²) in [4.78, 5) is 0. The third kappa shape index (κ3) is 7.34. The fraction of sp³-hybridized carbons (Fsp3) is 1.00. The first-order chi connectivity index (χ1) is 10.5. The zero-order valence-electron chi connectivity index (χ0n) is 11.5. The van der Waals surface area contributed by atoms with E-state index in [-0.39, 0.29) is 6.42 Å². The van der Waals surface area contributed by atoms with Crippen LogP contribution in [0.25, 0.3) is 0 Å². The van der Waals surface area contributed by atoms with Gasteiger partial charge >= 0.3 is 24.2 Å². The number of alkyl halides is 11. The molecule has 0 fully saturated rings. The second-order valence-corrected chi connectivity index (χ2v) is 4.31. The Bertz CT molecular complexity index is 353. The van der Waals surface area contributed by atoms with Crippen LogP contribution in [0.1, 0.15) is 12.8 Å². The number of hydrogen-bond acceptors (Lipinski definition) is 3. The molecule has 0 aliphatic carbocycles. The summed E-state index contributed by atoms with van der Waals surface area (Å²) in [6, 6.07) is 0. The molecule has 0 aromatic carbocycles. The molecule has 0 spiro atoms. The van der Waals surface area contributed by atoms with Gasteiger partial charge in [-0.15, -0.1) is 0 Å². The molecule has 0 radical (unpaired) electrons. The molecule has 0 aliphatic heterocycles. The van der Waals surface area contributed by atoms with Gasteiger partial charge in [0.25, 0.3) is 0 Å². The van der Waals surface area contributed by atoms with Crippen molar-refractivity contribution in [3.8, 4) is 0 Å². The van der Waals surface area contributed by atoms with Crippen molar-refractivity contribution < 1.29 is 63.6 Å². The standard InChI is InChI=1S/C7H10F6O2.C3H3F5O/c8-4(2-1-3-14)5(15)6(9,10)7(11,12)13;4-2(5,1-9)3(6,7)8/h4-5,14-15H,1-3H2;9H,1H2. The van der Waals surface area contributed by atoms with Gasteiger partial charge in [-0.2, -0.15) is 43.9 Å². The van der Waals surface area contributed by atoms with Crippen LogP contribution in [0.5, 0.6) is 0 Å². The van der Waals surface area contributed by atoms with Crippen molar-refractivity contribution in [1.29, 1.82) is 0 Å². The number of aliphatic hydroxyl groups is 3. The molecule has 2 unspecified atom stereocenters. The van der Waals surface area contributed by atoms with Gasteiger partial charge in [-0.05, 0) is 12.8 Å². The highest BCUT2D eigenvalue weighted by Gasteiger charge is 2.64. The highest BCUT2D eigenvalue weighted by atomic mass is 19.4. The van der Waals surface area contributed by atoms with Crippen LogP contribution in [-0.2, 0) is 0 Å². The summed E-state index contributed by atoms with van der Waals surface area (Å²) >= 11 is 0. The summed E-state index contributed by atoms with van der Waals surface area (Å²) in [6.45, 7) is -2.75. The minimum atomic E-state index is -5.99. The van der Waals surface area contributed by atoms with Crippen molar-refractivity contribution in [3.05, 3.63) is 0 Å². The van der Waals surface area contributed by atoms with Crippen LogP contribution in [0.2, 0.25) is 0 Å². The molecule has 0 saturated carbocycles. The Kier molecular flexibility index (Phi) is 9.49. The van der Waals surface area contributed by atoms with Gasteiger partial charge in [0.15, 0.2) is 6.10 Å². The minimum Gasteiger partial charge on any atom is -0.396 e. The van der Waals surface area contributed by atoms with E-state index in [1.165, 1.54) is 0 Å². The molecule has 0 aliphatic rings. The monoisotopic (exact) mass is 390 g/mol. The molecule has 3 N–H and O–H groups in total. The maximum Gasteiger partial charge on any atom is 0.456 e. The molecule has 24 heavy (non-hydrogen) atoms. The molecule has 0 bridgehead atoms. The lowest BCUT2D eigenvalue weighted by molar-refractivity contribution is -0.320. The third-order valence-corrected chi connectivity index (χ3v) is 2.34. The van der Waals surface area contributed by atoms with Crippen LogP contribution in [0.15, 0.2) is 0 Å². The van der Waals surface area contributed by atoms with Gasteiger partial charge < -0.3 is 15.3 Å². The third-order valence-electron chi connectivity index (χ3n) is 2.34. The van der Waals surface area contributed by atoms with Crippen LogP contribution in [0.4, 0.5) is 48.3 Å². The Balaban J connectivity index is 0. The lowest BCUT2D eigenvalue weighted by Crippen LogP contribution is -2.51. The van der Waals surface area contributed by atoms with Crippen molar-refractivity contribution in [2.45, 2.75) is 49.3 Å². The van der Waals surface area contributed by atoms with E-state index in [0.717, 1.165) is 0 Å². The van der Waals surface area contributed by atoms with Crippen molar-refractivity contribution >= 4 is 0 Å². The maximum atomic E-state index is 12.7. The van der Waals surface area contributed by atoms with Gasteiger partial charge in [0, 0.05) is 6.61 Å². The molecule has 0 aromatic rings. The molecule has 2 atom stereocenters. The van der Waals surface area contributed by atoms with Crippen molar-refractivity contribution in [2.75, 3.05) is 13.2 Å². The number of rotatable bonds is 6. The van der Waals surface area contributed by atoms with Crippen LogP contribution in [0, 0.1) is 0 Å². The summed E-state index contributed by atoms with van der Waals surface area (Å²) in [5, 5.41) is 24.1. The van der Waals surface area contributed by atoms with Crippen LogP contribution >= 0.6 is 0 Å². The zero-order chi connectivity index (χ0) is 20.0. The lowest BCUT2D eigenvalue weighted by Gasteiger charge is -2.26. The Hall–Kier alpha value is -0.890. The topological polar surface area (TPSA) is 60.7 Å². The van der Waals surface area contributed by atoms with Crippen molar-refractivity contribution in [1.82, 2.24) is 0 Å². The fourth-order valence-electron chi connectivity index (χ4n) is 0.929. The van der Waals surface area contributed by atoms with Gasteiger partial charge in [-0.3, -0.25) is 0 Å². The minimum absolute atomic E-state index is 0.299. The van der Waals surface area contributed by atoms with Crippen molar-refractivity contribution in [2.24, 2.45) is 0 Å². The second-order valence-electron chi connectivity index (χ2n) is 4.31. The van der Waals surface area contributed by atoms with Gasteiger partial charge in [-0.25, -0.2) is 4.39 Å². The largest absolute Gasteiger partial charge is 0.456 e. The summed E-state index contributed by atoms with van der Waals surface area (Å²) in [5.41, 5.74) is 0. The first-order valence-corrected chi connectivity index (χ1v) is 5.88. The molecule has 0 aromatic heterocycles. The predicted molar refractivity (Wildman–Crippen MR) is 56.3 cm³/mol. The smallest absolute Gasteiger partial charge is 0.396 e. The summed E-state index contributed by atoms with van der Waals surface area (Å²) in [6.07, 6.45) is -18.9. The number of halogens is 11. The van der Waals surface area contributed by atoms with Crippen LogP contribution in [0.3, 0.4) is 0 Å². The van der Waals surface area contributed by atoms with Gasteiger partial charge in [0.05, 0.1) is 0 Å². The first kappa shape index (κ1) is 25.4. The molecule has 0 rings (SSSR count). The highest BCUT2D eigenvalue weighted by Crippen LogP contribution is 2.40. The maximum absolute atomic E-state index is 12.7. The van der Waals surface area contributed by atoms with Gasteiger partial charge in [0.1, 0.15) is 12.8 Å². The quantitative estimate of drug-likeness (QED) is 0.612. The molecule has 0 heterocycles. The molecular weight excluding hydrogens is 377 g/mol. The second kappa shape index (κ2) is 8.99. The van der Waals surface area contributed by atoms with Crippen LogP contribution < -0.4 is 0 Å². The first-order valence-electron chi connectivity index (χ1n) is 5.88. The summed E-state index contributed by atoms with van der Waals surface area (Å²) in [7, 11) is 0. The van der Waals surface area contributed by atoms with E-state index in [0.29, 0.717) is 0 Å². The van der Waals surface area contributed by atoms with E-state index in [2.05, 4.69) is 0 Å². The van der Waals surface area contributed by atoms with E-state index in [4.69, 9.17) is 15.3 Å². The van der Waals surface area contributed by atoms with Gasteiger partial charge in [0.2, 0.25) is 0 Å². The number of aliphatic hydroxyl groups excluding tert-OH is 3. The predicted octanol–water partition coefficient (Wildman–Crippen LogP) is 2.83. The zero-order valence-corrected chi connectivity index (χ0v) is 11.5. The van der Waals surface area contributed by atoms with E-state index in [9.17, 15) is 48.3 Å². The number of hydrogen-bond donors (Lipinski definition) is 3. The Labute approximate surface area is 127 Å². The normalized spacial score (nSPS) is 16.2. The molecule has 0 amide bonds. The van der Waals surface area contributed by atoms with Gasteiger partial charge in [-0.1, -0.05) is 0 Å². The molecule has 0 saturated heterocycles. The average Bonchev–Trinajstić information content (AvgIpc) is 2.42. The van der Waals surface area contributed by atoms with E-state index in [1.54, 1.807) is 0 Å². The summed E-state index contributed by atoms with van der Waals surface area (Å²) in [5.74, 6) is -10.4. The van der Waals surface area contributed by atoms with Crippen LogP contribution in [-0.4, -0.2) is 65.0 Å². The molecule has 14 heteroatoms. The Morgan fingerprint density at radius 1 is 0.750 bits per heavy atom. The average molecular weight is 390 g/mol. The van der Waals surface area contributed by atoms with E-state index >= 15 is 0 Å². The lowest BCUT2D eigenvalue weighted by atomic mass is 10.0. The SMILES string of the molecule is OCC(F)(F)C(F)(F)F.OCCCC(F)C(O)C(F)(F)C(F)(F)F. The summed E-state index contributed by atoms with van der Waals surface area (Å²) < 4.78 is 128. The van der Waals surface area contributed by atoms with E-state index < -0.39 is 56.1 Å². The molecular formula is C10H13F11O3. The highest BCUT2D eigenvalue weighted by molar-refractivity contribution is 4.88. The fourth-order valence-corrected chi connectivity index (χ4v) is 0.929. The molecule has 148 valence electrons. The van der Waals surface area contributed by atoms with E-state index in [1.807, 2.05) is 0 Å². The Morgan fingerprint density at radius 3 is 1.38 bits per heavy atom. The molecule has 3 nitrogen and oxygen atoms in total. The van der Waals surface area contributed by atoms with Crippen molar-refractivity contribution in [3.63, 3.8) is 0 Å².